The number of methoxy groups -OCH3 is 1. The van der Waals surface area contributed by atoms with Gasteiger partial charge in [-0.2, -0.15) is 0 Å². The quantitative estimate of drug-likeness (QED) is 0.881. The summed E-state index contributed by atoms with van der Waals surface area (Å²) in [7, 11) is 1.70. The number of aryl methyl sites for hydroxylation is 1. The number of benzene rings is 1. The van der Waals surface area contributed by atoms with E-state index in [2.05, 4.69) is 33.2 Å². The van der Waals surface area contributed by atoms with E-state index >= 15 is 0 Å². The van der Waals surface area contributed by atoms with Crippen molar-refractivity contribution in [2.75, 3.05) is 19.0 Å². The molecule has 3 rings (SSSR count). The highest BCUT2D eigenvalue weighted by Gasteiger charge is 2.22. The van der Waals surface area contributed by atoms with Gasteiger partial charge < -0.3 is 14.6 Å². The van der Waals surface area contributed by atoms with Crippen LogP contribution in [0.2, 0.25) is 0 Å². The number of nitrogens with one attached hydrogen (secondary N) is 1. The van der Waals surface area contributed by atoms with Gasteiger partial charge in [0.2, 0.25) is 5.95 Å². The predicted molar refractivity (Wildman–Crippen MR) is 71.2 cm³/mol. The summed E-state index contributed by atoms with van der Waals surface area (Å²) in [5, 5.41) is 3.33. The molecule has 2 heterocycles. The molecule has 4 nitrogen and oxygen atoms in total. The molecule has 1 unspecified atom stereocenters. The molecule has 0 bridgehead atoms. The Morgan fingerprint density at radius 1 is 1.44 bits per heavy atom. The molecule has 0 aliphatic carbocycles. The van der Waals surface area contributed by atoms with Gasteiger partial charge in [-0.25, -0.2) is 4.98 Å². The highest BCUT2D eigenvalue weighted by molar-refractivity contribution is 5.38. The van der Waals surface area contributed by atoms with E-state index in [0.717, 1.165) is 30.4 Å². The van der Waals surface area contributed by atoms with Crippen molar-refractivity contribution in [3.63, 3.8) is 0 Å². The van der Waals surface area contributed by atoms with E-state index in [1.807, 2.05) is 19.1 Å². The Balaban J connectivity index is 2.02. The third kappa shape index (κ3) is 1.83. The van der Waals surface area contributed by atoms with Gasteiger partial charge in [-0.05, 0) is 31.0 Å². The minimum atomic E-state index is 0.345. The molecule has 94 valence electrons. The van der Waals surface area contributed by atoms with E-state index in [1.165, 1.54) is 5.56 Å². The Morgan fingerprint density at radius 3 is 3.17 bits per heavy atom. The largest absolute Gasteiger partial charge is 0.497 e. The second-order valence-electron chi connectivity index (χ2n) is 4.62. The van der Waals surface area contributed by atoms with E-state index in [1.54, 1.807) is 7.11 Å². The lowest BCUT2D eigenvalue weighted by atomic mass is 10.0. The maximum atomic E-state index is 5.30. The summed E-state index contributed by atoms with van der Waals surface area (Å²) in [5.74, 6) is 1.87. The Kier molecular flexibility index (Phi) is 2.70. The number of ether oxygens (including phenoxy) is 1. The molecule has 0 radical (unpaired) electrons. The summed E-state index contributed by atoms with van der Waals surface area (Å²) in [4.78, 5) is 4.49. The van der Waals surface area contributed by atoms with Crippen LogP contribution in [0.4, 0.5) is 5.95 Å². The topological polar surface area (TPSA) is 39.1 Å². The summed E-state index contributed by atoms with van der Waals surface area (Å²) >= 11 is 0. The van der Waals surface area contributed by atoms with Crippen LogP contribution in [0, 0.1) is 6.92 Å². The van der Waals surface area contributed by atoms with Crippen LogP contribution in [0.25, 0.3) is 0 Å². The highest BCUT2D eigenvalue weighted by Crippen LogP contribution is 2.31. The number of fused-ring (bicyclic) bond motifs is 1. The molecule has 1 aromatic heterocycles. The lowest BCUT2D eigenvalue weighted by molar-refractivity contribution is 0.412. The lowest BCUT2D eigenvalue weighted by Crippen LogP contribution is -2.23. The molecule has 1 aliphatic heterocycles. The van der Waals surface area contributed by atoms with Crippen molar-refractivity contribution < 1.29 is 4.74 Å². The third-order valence-electron chi connectivity index (χ3n) is 3.37. The first kappa shape index (κ1) is 11.1. The smallest absolute Gasteiger partial charge is 0.203 e. The van der Waals surface area contributed by atoms with Crippen molar-refractivity contribution in [2.45, 2.75) is 19.4 Å². The molecule has 1 aromatic carbocycles. The maximum Gasteiger partial charge on any atom is 0.203 e. The average molecular weight is 243 g/mol. The summed E-state index contributed by atoms with van der Waals surface area (Å²) in [6.45, 7) is 2.98. The Bertz CT molecular complexity index is 562. The van der Waals surface area contributed by atoms with Gasteiger partial charge in [0.05, 0.1) is 18.8 Å². The summed E-state index contributed by atoms with van der Waals surface area (Å²) in [5.41, 5.74) is 2.32. The average Bonchev–Trinajstić information content (AvgIpc) is 2.78. The highest BCUT2D eigenvalue weighted by atomic mass is 16.5. The fraction of sp³-hybridized carbons (Fsp3) is 0.357. The molecule has 4 heteroatoms. The standard InChI is InChI=1S/C14H17N3O/c1-10-9-17-13(6-7-15-14(17)16-10)11-4-3-5-12(8-11)18-2/h3-5,8-9,13H,6-7H2,1-2H3,(H,15,16). The second kappa shape index (κ2) is 4.37. The van der Waals surface area contributed by atoms with Crippen LogP contribution in [-0.2, 0) is 0 Å². The van der Waals surface area contributed by atoms with Gasteiger partial charge in [0.1, 0.15) is 5.75 Å². The molecule has 0 fully saturated rings. The van der Waals surface area contributed by atoms with E-state index in [4.69, 9.17) is 4.74 Å². The molecule has 0 spiro atoms. The zero-order valence-electron chi connectivity index (χ0n) is 10.7. The first-order chi connectivity index (χ1) is 8.78. The van der Waals surface area contributed by atoms with Crippen molar-refractivity contribution in [3.05, 3.63) is 41.7 Å². The van der Waals surface area contributed by atoms with Crippen LogP contribution >= 0.6 is 0 Å². The maximum absolute atomic E-state index is 5.30. The minimum Gasteiger partial charge on any atom is -0.497 e. The van der Waals surface area contributed by atoms with Gasteiger partial charge in [-0.3, -0.25) is 0 Å². The predicted octanol–water partition coefficient (Wildman–Crippen LogP) is 2.61. The molecule has 2 aromatic rings. The van der Waals surface area contributed by atoms with E-state index < -0.39 is 0 Å². The van der Waals surface area contributed by atoms with Crippen LogP contribution in [0.1, 0.15) is 23.7 Å². The van der Waals surface area contributed by atoms with Crippen molar-refractivity contribution in [3.8, 4) is 5.75 Å². The molecular formula is C14H17N3O. The van der Waals surface area contributed by atoms with Gasteiger partial charge in [-0.1, -0.05) is 12.1 Å². The minimum absolute atomic E-state index is 0.345. The van der Waals surface area contributed by atoms with Crippen LogP contribution in [0.3, 0.4) is 0 Å². The summed E-state index contributed by atoms with van der Waals surface area (Å²) in [6, 6.07) is 8.62. The molecule has 1 N–H and O–H groups in total. The van der Waals surface area contributed by atoms with Gasteiger partial charge in [-0.15, -0.1) is 0 Å². The third-order valence-corrected chi connectivity index (χ3v) is 3.37. The van der Waals surface area contributed by atoms with Crippen molar-refractivity contribution in [2.24, 2.45) is 0 Å². The second-order valence-corrected chi connectivity index (χ2v) is 4.62. The number of aromatic nitrogens is 2. The van der Waals surface area contributed by atoms with Crippen molar-refractivity contribution >= 4 is 5.95 Å². The normalized spacial score (nSPS) is 18.0. The molecular weight excluding hydrogens is 226 g/mol. The van der Waals surface area contributed by atoms with E-state index in [9.17, 15) is 0 Å². The summed E-state index contributed by atoms with van der Waals surface area (Å²) < 4.78 is 7.51. The number of hydrogen-bond acceptors (Lipinski definition) is 3. The fourth-order valence-corrected chi connectivity index (χ4v) is 2.52. The number of imidazole rings is 1. The van der Waals surface area contributed by atoms with Crippen LogP contribution in [-0.4, -0.2) is 23.2 Å². The van der Waals surface area contributed by atoms with Crippen molar-refractivity contribution in [1.29, 1.82) is 0 Å². The van der Waals surface area contributed by atoms with Crippen LogP contribution in [0.5, 0.6) is 5.75 Å². The Hall–Kier alpha value is -1.97. The first-order valence-corrected chi connectivity index (χ1v) is 6.21. The first-order valence-electron chi connectivity index (χ1n) is 6.21. The van der Waals surface area contributed by atoms with Crippen molar-refractivity contribution in [1.82, 2.24) is 9.55 Å². The molecule has 0 saturated carbocycles. The van der Waals surface area contributed by atoms with E-state index in [0.29, 0.717) is 6.04 Å². The molecule has 1 atom stereocenters. The molecule has 1 aliphatic rings. The number of nitrogens with zero attached hydrogens (tertiary/aromatic N) is 2. The number of anilines is 1. The number of rotatable bonds is 2. The zero-order valence-corrected chi connectivity index (χ0v) is 10.7. The fourth-order valence-electron chi connectivity index (χ4n) is 2.52. The van der Waals surface area contributed by atoms with E-state index in [-0.39, 0.29) is 0 Å². The zero-order chi connectivity index (χ0) is 12.5. The van der Waals surface area contributed by atoms with Crippen LogP contribution < -0.4 is 10.1 Å². The van der Waals surface area contributed by atoms with Gasteiger partial charge in [0, 0.05) is 12.7 Å². The monoisotopic (exact) mass is 243 g/mol. The van der Waals surface area contributed by atoms with Gasteiger partial charge in [0.15, 0.2) is 0 Å². The Morgan fingerprint density at radius 2 is 2.33 bits per heavy atom. The number of hydrogen-bond donors (Lipinski definition) is 1. The van der Waals surface area contributed by atoms with Gasteiger partial charge >= 0.3 is 0 Å². The molecule has 18 heavy (non-hydrogen) atoms. The summed E-state index contributed by atoms with van der Waals surface area (Å²) in [6.07, 6.45) is 3.17. The van der Waals surface area contributed by atoms with Gasteiger partial charge in [0.25, 0.3) is 0 Å². The van der Waals surface area contributed by atoms with Crippen LogP contribution in [0.15, 0.2) is 30.5 Å². The molecule has 0 amide bonds. The molecule has 0 saturated heterocycles. The lowest BCUT2D eigenvalue weighted by Gasteiger charge is -2.26. The Labute approximate surface area is 107 Å². The SMILES string of the molecule is COc1cccc(C2CCNc3nc(C)cn32)c1.